The molecule has 0 aliphatic carbocycles. The maximum atomic E-state index is 12.4. The molecule has 0 radical (unpaired) electrons. The maximum Gasteiger partial charge on any atom is 0.243 e. The summed E-state index contributed by atoms with van der Waals surface area (Å²) in [5.41, 5.74) is 0.464. The number of hydrogen-bond acceptors (Lipinski definition) is 4. The molecule has 0 aromatic heterocycles. The summed E-state index contributed by atoms with van der Waals surface area (Å²) in [7, 11) is -3.44. The van der Waals surface area contributed by atoms with Gasteiger partial charge in [0, 0.05) is 24.6 Å². The predicted molar refractivity (Wildman–Crippen MR) is 68.4 cm³/mol. The Labute approximate surface area is 106 Å². The van der Waals surface area contributed by atoms with Crippen molar-refractivity contribution in [3.05, 3.63) is 29.8 Å². The van der Waals surface area contributed by atoms with Crippen LogP contribution in [0.1, 0.15) is 5.56 Å². The number of thioether (sulfide) groups is 1. The number of benzene rings is 1. The van der Waals surface area contributed by atoms with Crippen LogP contribution in [0.5, 0.6) is 0 Å². The number of rotatable bonds is 3. The molecule has 1 saturated heterocycles. The van der Waals surface area contributed by atoms with E-state index in [0.29, 0.717) is 18.7 Å². The van der Waals surface area contributed by atoms with Crippen LogP contribution in [0.15, 0.2) is 29.2 Å². The molecule has 0 unspecified atom stereocenters. The van der Waals surface area contributed by atoms with Gasteiger partial charge in [-0.2, -0.15) is 16.1 Å². The van der Waals surface area contributed by atoms with Crippen molar-refractivity contribution in [2.24, 2.45) is 0 Å². The van der Waals surface area contributed by atoms with Crippen LogP contribution in [-0.2, 0) is 16.6 Å². The Bertz CT molecular complexity index is 481. The quantitative estimate of drug-likeness (QED) is 0.889. The fourth-order valence-corrected chi connectivity index (χ4v) is 4.60. The van der Waals surface area contributed by atoms with E-state index in [1.807, 2.05) is 0 Å². The average Bonchev–Trinajstić information content (AvgIpc) is 2.39. The average molecular weight is 273 g/mol. The molecule has 1 N–H and O–H groups in total. The molecule has 1 fully saturated rings. The van der Waals surface area contributed by atoms with Crippen LogP contribution in [0.4, 0.5) is 0 Å². The SMILES string of the molecule is O=S(=O)(c1ccccc1CO)N1CCSCC1. The van der Waals surface area contributed by atoms with Crippen molar-refractivity contribution in [3.8, 4) is 0 Å². The number of aliphatic hydroxyl groups is 1. The summed E-state index contributed by atoms with van der Waals surface area (Å²) in [6.45, 7) is 0.845. The highest BCUT2D eigenvalue weighted by molar-refractivity contribution is 7.99. The summed E-state index contributed by atoms with van der Waals surface area (Å²) in [6.07, 6.45) is 0. The zero-order valence-electron chi connectivity index (χ0n) is 9.37. The second-order valence-electron chi connectivity index (χ2n) is 3.78. The van der Waals surface area contributed by atoms with Crippen molar-refractivity contribution in [1.29, 1.82) is 0 Å². The first-order chi connectivity index (χ1) is 8.16. The molecule has 1 aliphatic heterocycles. The second-order valence-corrected chi connectivity index (χ2v) is 6.91. The molecule has 4 nitrogen and oxygen atoms in total. The van der Waals surface area contributed by atoms with E-state index in [-0.39, 0.29) is 11.5 Å². The first kappa shape index (κ1) is 12.9. The van der Waals surface area contributed by atoms with Gasteiger partial charge in [0.2, 0.25) is 10.0 Å². The van der Waals surface area contributed by atoms with E-state index in [0.717, 1.165) is 11.5 Å². The van der Waals surface area contributed by atoms with Crippen LogP contribution in [-0.4, -0.2) is 42.4 Å². The van der Waals surface area contributed by atoms with Crippen LogP contribution < -0.4 is 0 Å². The largest absolute Gasteiger partial charge is 0.392 e. The fraction of sp³-hybridized carbons (Fsp3) is 0.455. The predicted octanol–water partition coefficient (Wildman–Crippen LogP) is 0.916. The molecule has 0 atom stereocenters. The van der Waals surface area contributed by atoms with Crippen molar-refractivity contribution >= 4 is 21.8 Å². The van der Waals surface area contributed by atoms with Crippen LogP contribution in [0, 0.1) is 0 Å². The lowest BCUT2D eigenvalue weighted by Crippen LogP contribution is -2.38. The van der Waals surface area contributed by atoms with Gasteiger partial charge >= 0.3 is 0 Å². The minimum atomic E-state index is -3.44. The van der Waals surface area contributed by atoms with Gasteiger partial charge in [-0.3, -0.25) is 0 Å². The van der Waals surface area contributed by atoms with Crippen molar-refractivity contribution in [3.63, 3.8) is 0 Å². The first-order valence-corrected chi connectivity index (χ1v) is 8.02. The molecule has 0 spiro atoms. The van der Waals surface area contributed by atoms with Gasteiger partial charge in [0.05, 0.1) is 11.5 Å². The van der Waals surface area contributed by atoms with E-state index in [9.17, 15) is 13.5 Å². The van der Waals surface area contributed by atoms with Gasteiger partial charge in [0.25, 0.3) is 0 Å². The molecule has 1 aromatic rings. The van der Waals surface area contributed by atoms with Crippen LogP contribution >= 0.6 is 11.8 Å². The van der Waals surface area contributed by atoms with Gasteiger partial charge in [0.1, 0.15) is 0 Å². The lowest BCUT2D eigenvalue weighted by molar-refractivity contribution is 0.278. The van der Waals surface area contributed by atoms with Gasteiger partial charge in [-0.15, -0.1) is 0 Å². The molecule has 0 bridgehead atoms. The highest BCUT2D eigenvalue weighted by Gasteiger charge is 2.27. The van der Waals surface area contributed by atoms with Crippen molar-refractivity contribution in [2.45, 2.75) is 11.5 Å². The van der Waals surface area contributed by atoms with Crippen LogP contribution in [0.25, 0.3) is 0 Å². The highest BCUT2D eigenvalue weighted by atomic mass is 32.2. The Morgan fingerprint density at radius 1 is 1.24 bits per heavy atom. The molecular weight excluding hydrogens is 258 g/mol. The summed E-state index contributed by atoms with van der Waals surface area (Å²) in [5.74, 6) is 1.67. The Kier molecular flexibility index (Phi) is 4.09. The second kappa shape index (κ2) is 5.39. The van der Waals surface area contributed by atoms with Gasteiger partial charge in [-0.25, -0.2) is 8.42 Å². The lowest BCUT2D eigenvalue weighted by Gasteiger charge is -2.26. The summed E-state index contributed by atoms with van der Waals surface area (Å²) < 4.78 is 26.2. The third-order valence-electron chi connectivity index (χ3n) is 2.73. The third-order valence-corrected chi connectivity index (χ3v) is 5.67. The lowest BCUT2D eigenvalue weighted by atomic mass is 10.2. The minimum absolute atomic E-state index is 0.231. The molecule has 1 aromatic carbocycles. The first-order valence-electron chi connectivity index (χ1n) is 5.43. The van der Waals surface area contributed by atoms with Gasteiger partial charge in [0.15, 0.2) is 0 Å². The van der Waals surface area contributed by atoms with Gasteiger partial charge < -0.3 is 5.11 Å². The molecule has 2 rings (SSSR count). The molecule has 17 heavy (non-hydrogen) atoms. The molecule has 94 valence electrons. The zero-order valence-corrected chi connectivity index (χ0v) is 11.0. The fourth-order valence-electron chi connectivity index (χ4n) is 1.81. The maximum absolute atomic E-state index is 12.4. The highest BCUT2D eigenvalue weighted by Crippen LogP contribution is 2.23. The van der Waals surface area contributed by atoms with Crippen LogP contribution in [0.2, 0.25) is 0 Å². The van der Waals surface area contributed by atoms with Crippen molar-refractivity contribution in [2.75, 3.05) is 24.6 Å². The zero-order chi connectivity index (χ0) is 12.3. The summed E-state index contributed by atoms with van der Waals surface area (Å²) >= 11 is 1.76. The Hall–Kier alpha value is -0.560. The summed E-state index contributed by atoms with van der Waals surface area (Å²) in [6, 6.07) is 6.62. The van der Waals surface area contributed by atoms with Gasteiger partial charge in [-0.1, -0.05) is 18.2 Å². The summed E-state index contributed by atoms with van der Waals surface area (Å²) in [5, 5.41) is 9.19. The van der Waals surface area contributed by atoms with Crippen molar-refractivity contribution in [1.82, 2.24) is 4.31 Å². The number of aliphatic hydroxyl groups excluding tert-OH is 1. The Morgan fingerprint density at radius 3 is 2.53 bits per heavy atom. The molecule has 0 saturated carbocycles. The van der Waals surface area contributed by atoms with E-state index in [1.54, 1.807) is 36.0 Å². The van der Waals surface area contributed by atoms with E-state index < -0.39 is 10.0 Å². The molecule has 6 heteroatoms. The topological polar surface area (TPSA) is 57.6 Å². The van der Waals surface area contributed by atoms with E-state index in [1.165, 1.54) is 4.31 Å². The van der Waals surface area contributed by atoms with Crippen LogP contribution in [0.3, 0.4) is 0 Å². The number of nitrogens with zero attached hydrogens (tertiary/aromatic N) is 1. The van der Waals surface area contributed by atoms with E-state index in [4.69, 9.17) is 0 Å². The minimum Gasteiger partial charge on any atom is -0.392 e. The standard InChI is InChI=1S/C11H15NO3S2/c13-9-10-3-1-2-4-11(10)17(14,15)12-5-7-16-8-6-12/h1-4,13H,5-9H2. The molecule has 0 amide bonds. The molecule has 1 heterocycles. The van der Waals surface area contributed by atoms with Gasteiger partial charge in [-0.05, 0) is 11.6 Å². The Balaban J connectivity index is 2.36. The molecular formula is C11H15NO3S2. The third kappa shape index (κ3) is 2.65. The normalized spacial score (nSPS) is 18.2. The van der Waals surface area contributed by atoms with E-state index in [2.05, 4.69) is 0 Å². The monoisotopic (exact) mass is 273 g/mol. The number of sulfonamides is 1. The van der Waals surface area contributed by atoms with Crippen molar-refractivity contribution < 1.29 is 13.5 Å². The summed E-state index contributed by atoms with van der Waals surface area (Å²) in [4.78, 5) is 0.231. The van der Waals surface area contributed by atoms with E-state index >= 15 is 0 Å². The molecule has 1 aliphatic rings. The number of hydrogen-bond donors (Lipinski definition) is 1. The Morgan fingerprint density at radius 2 is 1.88 bits per heavy atom. The smallest absolute Gasteiger partial charge is 0.243 e.